The number of methoxy groups -OCH3 is 1. The van der Waals surface area contributed by atoms with Crippen LogP contribution in [0.3, 0.4) is 0 Å². The average molecular weight is 333 g/mol. The molecule has 0 aliphatic heterocycles. The summed E-state index contributed by atoms with van der Waals surface area (Å²) in [7, 11) is 1.21. The summed E-state index contributed by atoms with van der Waals surface area (Å²) in [5.74, 6) is -3.12. The number of hydrogen-bond donors (Lipinski definition) is 1. The maximum absolute atomic E-state index is 13.2. The van der Waals surface area contributed by atoms with Crippen molar-refractivity contribution in [2.24, 2.45) is 0 Å². The highest BCUT2D eigenvalue weighted by atomic mass is 19.1. The fourth-order valence-electron chi connectivity index (χ4n) is 2.32. The van der Waals surface area contributed by atoms with Gasteiger partial charge in [-0.1, -0.05) is 24.3 Å². The molecular formula is C18H17F2NO3. The van der Waals surface area contributed by atoms with E-state index in [2.05, 4.69) is 5.32 Å². The second-order valence-electron chi connectivity index (χ2n) is 5.34. The number of esters is 1. The number of carbonyl (C=O) groups is 2. The molecule has 1 atom stereocenters. The Labute approximate surface area is 138 Å². The molecule has 0 aromatic heterocycles. The van der Waals surface area contributed by atoms with Crippen molar-refractivity contribution in [3.05, 3.63) is 70.8 Å². The standard InChI is InChI=1S/C18H17F2NO3/c1-11-5-3-4-6-12(11)9-16(18(23)24-2)21-17(22)13-7-14(19)10-15(20)8-13/h3-8,10,16H,9H2,1-2H3,(H,21,22)/t16-/m1/s1. The number of amides is 1. The monoisotopic (exact) mass is 333 g/mol. The molecular weight excluding hydrogens is 316 g/mol. The Kier molecular flexibility index (Phi) is 5.63. The molecule has 0 saturated carbocycles. The van der Waals surface area contributed by atoms with Crippen molar-refractivity contribution in [3.63, 3.8) is 0 Å². The zero-order chi connectivity index (χ0) is 17.7. The summed E-state index contributed by atoms with van der Waals surface area (Å²) in [5.41, 5.74) is 1.61. The molecule has 2 rings (SSSR count). The van der Waals surface area contributed by atoms with E-state index in [1.807, 2.05) is 31.2 Å². The van der Waals surface area contributed by atoms with Crippen LogP contribution in [0.5, 0.6) is 0 Å². The van der Waals surface area contributed by atoms with Crippen LogP contribution in [0.4, 0.5) is 8.78 Å². The quantitative estimate of drug-likeness (QED) is 0.856. The molecule has 6 heteroatoms. The van der Waals surface area contributed by atoms with Crippen molar-refractivity contribution >= 4 is 11.9 Å². The van der Waals surface area contributed by atoms with Gasteiger partial charge in [-0.2, -0.15) is 0 Å². The van der Waals surface area contributed by atoms with E-state index >= 15 is 0 Å². The van der Waals surface area contributed by atoms with Crippen LogP contribution in [-0.4, -0.2) is 25.0 Å². The highest BCUT2D eigenvalue weighted by molar-refractivity contribution is 5.96. The van der Waals surface area contributed by atoms with Crippen molar-refractivity contribution in [1.82, 2.24) is 5.32 Å². The molecule has 0 heterocycles. The first-order valence-corrected chi connectivity index (χ1v) is 7.30. The fraction of sp³-hybridized carbons (Fsp3) is 0.222. The van der Waals surface area contributed by atoms with Crippen LogP contribution >= 0.6 is 0 Å². The Balaban J connectivity index is 2.21. The molecule has 0 spiro atoms. The smallest absolute Gasteiger partial charge is 0.328 e. The molecule has 0 saturated heterocycles. The van der Waals surface area contributed by atoms with Gasteiger partial charge in [-0.15, -0.1) is 0 Å². The molecule has 2 aromatic carbocycles. The molecule has 0 aliphatic carbocycles. The van der Waals surface area contributed by atoms with Gasteiger partial charge < -0.3 is 10.1 Å². The summed E-state index contributed by atoms with van der Waals surface area (Å²) in [5, 5.41) is 2.47. The van der Waals surface area contributed by atoms with Crippen LogP contribution in [-0.2, 0) is 16.0 Å². The van der Waals surface area contributed by atoms with E-state index < -0.39 is 29.6 Å². The van der Waals surface area contributed by atoms with Crippen molar-refractivity contribution in [2.75, 3.05) is 7.11 Å². The van der Waals surface area contributed by atoms with Gasteiger partial charge in [-0.3, -0.25) is 4.79 Å². The van der Waals surface area contributed by atoms with E-state index in [4.69, 9.17) is 4.74 Å². The van der Waals surface area contributed by atoms with Gasteiger partial charge in [-0.05, 0) is 30.2 Å². The summed E-state index contributed by atoms with van der Waals surface area (Å²) < 4.78 is 31.2. The molecule has 126 valence electrons. The lowest BCUT2D eigenvalue weighted by molar-refractivity contribution is -0.142. The highest BCUT2D eigenvalue weighted by Crippen LogP contribution is 2.12. The lowest BCUT2D eigenvalue weighted by Crippen LogP contribution is -2.43. The molecule has 0 aliphatic rings. The molecule has 1 N–H and O–H groups in total. The van der Waals surface area contributed by atoms with E-state index in [9.17, 15) is 18.4 Å². The van der Waals surface area contributed by atoms with Crippen molar-refractivity contribution < 1.29 is 23.1 Å². The minimum Gasteiger partial charge on any atom is -0.467 e. The number of nitrogens with one attached hydrogen (secondary N) is 1. The summed E-state index contributed by atoms with van der Waals surface area (Å²) in [4.78, 5) is 24.1. The van der Waals surface area contributed by atoms with E-state index in [1.165, 1.54) is 7.11 Å². The number of aryl methyl sites for hydroxylation is 1. The van der Waals surface area contributed by atoms with Gasteiger partial charge in [0.05, 0.1) is 7.11 Å². The van der Waals surface area contributed by atoms with Gasteiger partial charge in [0.2, 0.25) is 0 Å². The zero-order valence-corrected chi connectivity index (χ0v) is 13.3. The van der Waals surface area contributed by atoms with E-state index in [0.29, 0.717) is 6.07 Å². The number of rotatable bonds is 5. The topological polar surface area (TPSA) is 55.4 Å². The van der Waals surface area contributed by atoms with Gasteiger partial charge in [0.1, 0.15) is 17.7 Å². The van der Waals surface area contributed by atoms with Crippen LogP contribution in [0.1, 0.15) is 21.5 Å². The summed E-state index contributed by atoms with van der Waals surface area (Å²) in [6, 6.07) is 8.91. The third kappa shape index (κ3) is 4.38. The minimum absolute atomic E-state index is 0.203. The van der Waals surface area contributed by atoms with Crippen LogP contribution in [0, 0.1) is 18.6 Å². The summed E-state index contributed by atoms with van der Waals surface area (Å²) in [6.07, 6.45) is 0.211. The van der Waals surface area contributed by atoms with Crippen LogP contribution < -0.4 is 5.32 Å². The summed E-state index contributed by atoms with van der Waals surface area (Å²) in [6.45, 7) is 1.88. The van der Waals surface area contributed by atoms with Crippen molar-refractivity contribution in [3.8, 4) is 0 Å². The minimum atomic E-state index is -0.963. The van der Waals surface area contributed by atoms with E-state index in [-0.39, 0.29) is 12.0 Å². The maximum atomic E-state index is 13.2. The molecule has 0 radical (unpaired) electrons. The summed E-state index contributed by atoms with van der Waals surface area (Å²) >= 11 is 0. The Morgan fingerprint density at radius 3 is 2.33 bits per heavy atom. The zero-order valence-electron chi connectivity index (χ0n) is 13.3. The Hall–Kier alpha value is -2.76. The van der Waals surface area contributed by atoms with Crippen molar-refractivity contribution in [2.45, 2.75) is 19.4 Å². The Bertz CT molecular complexity index is 741. The Morgan fingerprint density at radius 1 is 1.12 bits per heavy atom. The molecule has 2 aromatic rings. The average Bonchev–Trinajstić information content (AvgIpc) is 2.54. The molecule has 1 amide bonds. The number of ether oxygens (including phenoxy) is 1. The fourth-order valence-corrected chi connectivity index (χ4v) is 2.32. The first-order valence-electron chi connectivity index (χ1n) is 7.30. The largest absolute Gasteiger partial charge is 0.467 e. The molecule has 4 nitrogen and oxygen atoms in total. The van der Waals surface area contributed by atoms with Gasteiger partial charge >= 0.3 is 5.97 Å². The SMILES string of the molecule is COC(=O)[C@@H](Cc1ccccc1C)NC(=O)c1cc(F)cc(F)c1. The van der Waals surface area contributed by atoms with Gasteiger partial charge in [0, 0.05) is 18.1 Å². The predicted octanol–water partition coefficient (Wildman–Crippen LogP) is 2.79. The second kappa shape index (κ2) is 7.68. The third-order valence-corrected chi connectivity index (χ3v) is 3.60. The second-order valence-corrected chi connectivity index (χ2v) is 5.34. The third-order valence-electron chi connectivity index (χ3n) is 3.60. The number of carbonyl (C=O) groups excluding carboxylic acids is 2. The van der Waals surface area contributed by atoms with Gasteiger partial charge in [0.15, 0.2) is 0 Å². The first kappa shape index (κ1) is 17.6. The highest BCUT2D eigenvalue weighted by Gasteiger charge is 2.23. The van der Waals surface area contributed by atoms with Crippen molar-refractivity contribution in [1.29, 1.82) is 0 Å². The van der Waals surface area contributed by atoms with Crippen LogP contribution in [0.25, 0.3) is 0 Å². The predicted molar refractivity (Wildman–Crippen MR) is 84.5 cm³/mol. The van der Waals surface area contributed by atoms with Crippen LogP contribution in [0.15, 0.2) is 42.5 Å². The molecule has 0 fully saturated rings. The number of benzene rings is 2. The number of hydrogen-bond acceptors (Lipinski definition) is 3. The maximum Gasteiger partial charge on any atom is 0.328 e. The van der Waals surface area contributed by atoms with Gasteiger partial charge in [-0.25, -0.2) is 13.6 Å². The normalized spacial score (nSPS) is 11.7. The van der Waals surface area contributed by atoms with Crippen LogP contribution in [0.2, 0.25) is 0 Å². The Morgan fingerprint density at radius 2 is 1.75 bits per heavy atom. The molecule has 0 unspecified atom stereocenters. The lowest BCUT2D eigenvalue weighted by atomic mass is 10.0. The first-order chi connectivity index (χ1) is 11.4. The number of halogens is 2. The van der Waals surface area contributed by atoms with E-state index in [0.717, 1.165) is 23.3 Å². The molecule has 0 bridgehead atoms. The molecule has 24 heavy (non-hydrogen) atoms. The van der Waals surface area contributed by atoms with Gasteiger partial charge in [0.25, 0.3) is 5.91 Å². The van der Waals surface area contributed by atoms with E-state index in [1.54, 1.807) is 0 Å². The lowest BCUT2D eigenvalue weighted by Gasteiger charge is -2.18.